The van der Waals surface area contributed by atoms with Crippen molar-refractivity contribution in [2.24, 2.45) is 5.22 Å². The first kappa shape index (κ1) is 8.32. The third kappa shape index (κ3) is 5.19. The van der Waals surface area contributed by atoms with Crippen LogP contribution in [0.1, 0.15) is 20.8 Å². The predicted molar refractivity (Wildman–Crippen MR) is 31.2 cm³/mol. The van der Waals surface area contributed by atoms with Crippen molar-refractivity contribution < 1.29 is 4.84 Å². The minimum Gasteiger partial charge on any atom is -0.715 e. The average molecular weight is 132 g/mol. The van der Waals surface area contributed by atoms with Gasteiger partial charge in [-0.05, 0) is 20.8 Å². The lowest BCUT2D eigenvalue weighted by Crippen LogP contribution is -2.26. The van der Waals surface area contributed by atoms with Crippen LogP contribution in [0, 0.1) is 10.7 Å². The average Bonchev–Trinajstić information content (AvgIpc) is 1.62. The molecule has 0 fully saturated rings. The molecule has 0 aliphatic carbocycles. The van der Waals surface area contributed by atoms with E-state index >= 15 is 0 Å². The summed E-state index contributed by atoms with van der Waals surface area (Å²) in [6.45, 7) is 5.09. The molecule has 9 heavy (non-hydrogen) atoms. The van der Waals surface area contributed by atoms with E-state index in [0.29, 0.717) is 0 Å². The van der Waals surface area contributed by atoms with E-state index in [2.05, 4.69) is 10.1 Å². The normalized spacial score (nSPS) is 11.1. The van der Waals surface area contributed by atoms with E-state index in [0.717, 1.165) is 0 Å². The summed E-state index contributed by atoms with van der Waals surface area (Å²) < 4.78 is 0. The monoisotopic (exact) mass is 132 g/mol. The van der Waals surface area contributed by atoms with Gasteiger partial charge in [-0.15, -0.1) is 0 Å². The van der Waals surface area contributed by atoms with Gasteiger partial charge < -0.3 is 5.21 Å². The van der Waals surface area contributed by atoms with E-state index in [1.165, 1.54) is 0 Å². The van der Waals surface area contributed by atoms with Gasteiger partial charge in [0.1, 0.15) is 0 Å². The predicted octanol–water partition coefficient (Wildman–Crippen LogP) is 1.46. The van der Waals surface area contributed by atoms with Gasteiger partial charge in [0.15, 0.2) is 0 Å². The van der Waals surface area contributed by atoms with Crippen LogP contribution in [0.3, 0.4) is 0 Å². The van der Waals surface area contributed by atoms with Crippen LogP contribution >= 0.6 is 0 Å². The maximum absolute atomic E-state index is 10.2. The summed E-state index contributed by atoms with van der Waals surface area (Å²) in [6, 6.07) is 0. The lowest BCUT2D eigenvalue weighted by Gasteiger charge is -2.29. The van der Waals surface area contributed by atoms with Gasteiger partial charge >= 0.3 is 0 Å². The molecule has 0 aromatic heterocycles. The van der Waals surface area contributed by atoms with Gasteiger partial charge in [0.25, 0.3) is 0 Å². The van der Waals surface area contributed by atoms with Gasteiger partial charge in [-0.3, -0.25) is 4.84 Å². The minimum atomic E-state index is -0.577. The SMILES string of the molecule is CC(C)(C)ON([O-])N=N. The smallest absolute Gasteiger partial charge is 0.0888 e. The Balaban J connectivity index is 3.59. The second-order valence-electron chi connectivity index (χ2n) is 2.54. The van der Waals surface area contributed by atoms with Crippen LogP contribution in [0.25, 0.3) is 0 Å². The molecule has 5 heteroatoms. The van der Waals surface area contributed by atoms with Gasteiger partial charge in [-0.1, -0.05) is 5.22 Å². The molecule has 0 saturated heterocycles. The Bertz CT molecular complexity index is 98.5. The molecule has 0 spiro atoms. The highest BCUT2D eigenvalue weighted by atomic mass is 16.9. The summed E-state index contributed by atoms with van der Waals surface area (Å²) in [7, 11) is 0. The fourth-order valence-corrected chi connectivity index (χ4v) is 0.255. The highest BCUT2D eigenvalue weighted by Gasteiger charge is 2.10. The molecule has 0 atom stereocenters. The Morgan fingerprint density at radius 3 is 2.11 bits per heavy atom. The number of nitrogens with zero attached hydrogens (tertiary/aromatic N) is 2. The molecule has 0 amide bonds. The standard InChI is InChI=1S/C4H10N3O2/c1-4(2,3)9-7(8)6-5/h5H,1-3H3/q-1. The molecule has 5 nitrogen and oxygen atoms in total. The van der Waals surface area contributed by atoms with E-state index in [1.54, 1.807) is 20.8 Å². The van der Waals surface area contributed by atoms with E-state index in [-0.39, 0.29) is 5.34 Å². The van der Waals surface area contributed by atoms with Gasteiger partial charge in [0.2, 0.25) is 0 Å². The Morgan fingerprint density at radius 1 is 1.56 bits per heavy atom. The summed E-state index contributed by atoms with van der Waals surface area (Å²) in [4.78, 5) is 4.51. The lowest BCUT2D eigenvalue weighted by molar-refractivity contribution is -0.204. The Morgan fingerprint density at radius 2 is 2.00 bits per heavy atom. The maximum Gasteiger partial charge on any atom is 0.0888 e. The molecule has 0 rings (SSSR count). The lowest BCUT2D eigenvalue weighted by atomic mass is 10.2. The van der Waals surface area contributed by atoms with Crippen molar-refractivity contribution >= 4 is 0 Å². The fraction of sp³-hybridized carbons (Fsp3) is 1.00. The van der Waals surface area contributed by atoms with Crippen LogP contribution in [0.5, 0.6) is 0 Å². The first-order chi connectivity index (χ1) is 3.95. The van der Waals surface area contributed by atoms with Crippen LogP contribution < -0.4 is 0 Å². The first-order valence-electron chi connectivity index (χ1n) is 2.49. The molecule has 54 valence electrons. The molecule has 0 radical (unpaired) electrons. The molecule has 0 saturated carbocycles. The van der Waals surface area contributed by atoms with Crippen molar-refractivity contribution in [2.45, 2.75) is 26.4 Å². The molecule has 0 bridgehead atoms. The quantitative estimate of drug-likeness (QED) is 0.456. The van der Waals surface area contributed by atoms with Crippen molar-refractivity contribution in [3.8, 4) is 0 Å². The summed E-state index contributed by atoms with van der Waals surface area (Å²) in [6.07, 6.45) is 0. The van der Waals surface area contributed by atoms with Gasteiger partial charge in [0.05, 0.1) is 5.60 Å². The molecular weight excluding hydrogens is 122 g/mol. The van der Waals surface area contributed by atoms with Crippen molar-refractivity contribution in [1.82, 2.24) is 5.34 Å². The maximum atomic E-state index is 10.2. The summed E-state index contributed by atoms with van der Waals surface area (Å²) in [5, 5.41) is 12.5. The summed E-state index contributed by atoms with van der Waals surface area (Å²) in [5.41, 5.74) is 5.62. The fourth-order valence-electron chi connectivity index (χ4n) is 0.255. The number of rotatable bonds is 2. The van der Waals surface area contributed by atoms with Gasteiger partial charge in [0, 0.05) is 0 Å². The Hall–Kier alpha value is -0.680. The third-order valence-corrected chi connectivity index (χ3v) is 0.434. The number of hydrogen-bond acceptors (Lipinski definition) is 4. The summed E-state index contributed by atoms with van der Waals surface area (Å²) >= 11 is 0. The zero-order valence-electron chi connectivity index (χ0n) is 5.71. The van der Waals surface area contributed by atoms with Gasteiger partial charge in [-0.25, -0.2) is 5.34 Å². The summed E-state index contributed by atoms with van der Waals surface area (Å²) in [5.74, 6) is 0. The zero-order chi connectivity index (χ0) is 7.49. The molecule has 0 aliphatic rings. The van der Waals surface area contributed by atoms with Crippen molar-refractivity contribution in [3.63, 3.8) is 0 Å². The van der Waals surface area contributed by atoms with Crippen LogP contribution in [-0.4, -0.2) is 10.9 Å². The Labute approximate surface area is 53.6 Å². The molecule has 1 N–H and O–H groups in total. The van der Waals surface area contributed by atoms with Crippen LogP contribution in [-0.2, 0) is 4.84 Å². The Kier molecular flexibility index (Phi) is 2.54. The first-order valence-corrected chi connectivity index (χ1v) is 2.49. The molecule has 0 aliphatic heterocycles. The second-order valence-corrected chi connectivity index (χ2v) is 2.54. The second kappa shape index (κ2) is 2.75. The van der Waals surface area contributed by atoms with Crippen LogP contribution in [0.15, 0.2) is 5.22 Å². The molecule has 0 unspecified atom stereocenters. The van der Waals surface area contributed by atoms with Crippen LogP contribution in [0.2, 0.25) is 0 Å². The van der Waals surface area contributed by atoms with Crippen molar-refractivity contribution in [1.29, 1.82) is 5.53 Å². The van der Waals surface area contributed by atoms with E-state index in [9.17, 15) is 5.21 Å². The van der Waals surface area contributed by atoms with E-state index in [1.807, 2.05) is 0 Å². The molecule has 0 aromatic rings. The number of hydrogen-bond donors (Lipinski definition) is 1. The third-order valence-electron chi connectivity index (χ3n) is 0.434. The number of nitrogens with one attached hydrogen (secondary N) is 1. The van der Waals surface area contributed by atoms with Crippen molar-refractivity contribution in [3.05, 3.63) is 5.21 Å². The minimum absolute atomic E-state index is 0.125. The zero-order valence-corrected chi connectivity index (χ0v) is 5.71. The topological polar surface area (TPSA) is 71.7 Å². The largest absolute Gasteiger partial charge is 0.715 e. The van der Waals surface area contributed by atoms with Gasteiger partial charge in [-0.2, -0.15) is 5.53 Å². The molecule has 0 aromatic carbocycles. The van der Waals surface area contributed by atoms with Crippen molar-refractivity contribution in [2.75, 3.05) is 0 Å². The highest BCUT2D eigenvalue weighted by molar-refractivity contribution is 4.56. The van der Waals surface area contributed by atoms with Crippen LogP contribution in [0.4, 0.5) is 0 Å². The molecular formula is C4H10N3O2-. The molecule has 0 heterocycles. The van der Waals surface area contributed by atoms with E-state index < -0.39 is 5.60 Å². The van der Waals surface area contributed by atoms with E-state index in [4.69, 9.17) is 5.53 Å². The highest BCUT2D eigenvalue weighted by Crippen LogP contribution is 2.08.